The van der Waals surface area contributed by atoms with Gasteiger partial charge in [0.1, 0.15) is 0 Å². The van der Waals surface area contributed by atoms with E-state index in [4.69, 9.17) is 0 Å². The van der Waals surface area contributed by atoms with Gasteiger partial charge in [-0.1, -0.05) is 75.1 Å². The molecule has 1 aromatic rings. The van der Waals surface area contributed by atoms with E-state index in [2.05, 4.69) is 30.4 Å². The molecule has 3 aliphatic rings. The topological polar surface area (TPSA) is 49.3 Å². The van der Waals surface area contributed by atoms with Crippen molar-refractivity contribution in [1.29, 1.82) is 0 Å². The first-order chi connectivity index (χ1) is 25.5. The van der Waals surface area contributed by atoms with Crippen molar-refractivity contribution < 1.29 is 43.9 Å². The standard InChI is InChI=1S/C11H14F3N.C10H12F3N.C10H13F2NO.C10H13F2N/c1-7(2)9-6-15(4)8(3)5-10(9)11(12,13)14;1-6(2)8-5-14-7(3)4-9(8)10(11,12)13;1-6(2)8-5-13(3)9(14)4-7(8)10(11)12;1-6(2)9-5-13-7(3)4-8(9)10(11)12/h5-7H,3H2,1-2,4H3;4-6,14H,3H2,1-2H3;4-6,10H,1-3H3;4-6,10,13H,3H2,1-2H3. The molecule has 0 spiro atoms. The summed E-state index contributed by atoms with van der Waals surface area (Å²) in [6.45, 7) is 24.9. The molecule has 0 bridgehead atoms. The quantitative estimate of drug-likeness (QED) is 0.281. The van der Waals surface area contributed by atoms with E-state index in [0.717, 1.165) is 18.2 Å². The molecule has 4 heterocycles. The van der Waals surface area contributed by atoms with E-state index in [-0.39, 0.29) is 46.1 Å². The molecule has 0 radical (unpaired) electrons. The second kappa shape index (κ2) is 20.5. The number of hydrogen-bond acceptors (Lipinski definition) is 4. The highest BCUT2D eigenvalue weighted by Crippen LogP contribution is 2.39. The number of pyridine rings is 1. The first-order valence-corrected chi connectivity index (χ1v) is 17.5. The lowest BCUT2D eigenvalue weighted by atomic mass is 9.92. The third-order valence-corrected chi connectivity index (χ3v) is 8.39. The van der Waals surface area contributed by atoms with Crippen LogP contribution in [0.1, 0.15) is 78.9 Å². The van der Waals surface area contributed by atoms with Gasteiger partial charge in [0.05, 0.1) is 11.1 Å². The van der Waals surface area contributed by atoms with Crippen LogP contribution in [0.3, 0.4) is 0 Å². The Morgan fingerprint density at radius 2 is 1.04 bits per heavy atom. The van der Waals surface area contributed by atoms with Crippen LogP contribution in [0.5, 0.6) is 0 Å². The minimum absolute atomic E-state index is 0.00852. The average Bonchev–Trinajstić information content (AvgIpc) is 3.06. The largest absolute Gasteiger partial charge is 0.416 e. The summed E-state index contributed by atoms with van der Waals surface area (Å²) in [5.41, 5.74) is 1.24. The van der Waals surface area contributed by atoms with E-state index in [1.54, 1.807) is 52.9 Å². The molecule has 4 rings (SSSR count). The van der Waals surface area contributed by atoms with Crippen molar-refractivity contribution in [2.75, 3.05) is 7.05 Å². The number of nitrogens with zero attached hydrogens (tertiary/aromatic N) is 2. The summed E-state index contributed by atoms with van der Waals surface area (Å²) in [5.74, 6) is -0.233. The molecule has 0 saturated carbocycles. The van der Waals surface area contributed by atoms with Gasteiger partial charge in [-0.25, -0.2) is 17.6 Å². The predicted octanol–water partition coefficient (Wildman–Crippen LogP) is 11.9. The molecule has 5 nitrogen and oxygen atoms in total. The van der Waals surface area contributed by atoms with Gasteiger partial charge in [-0.05, 0) is 64.2 Å². The zero-order valence-electron chi connectivity index (χ0n) is 33.3. The maximum Gasteiger partial charge on any atom is 0.416 e. The number of rotatable bonds is 6. The summed E-state index contributed by atoms with van der Waals surface area (Å²) in [6, 6.07) is 1.01. The summed E-state index contributed by atoms with van der Waals surface area (Å²) in [6.07, 6.45) is -4.13. The van der Waals surface area contributed by atoms with Crippen LogP contribution < -0.4 is 16.2 Å². The van der Waals surface area contributed by atoms with Crippen LogP contribution in [0.4, 0.5) is 43.9 Å². The lowest BCUT2D eigenvalue weighted by Gasteiger charge is -2.28. The van der Waals surface area contributed by atoms with Crippen LogP contribution >= 0.6 is 0 Å². The molecule has 15 heteroatoms. The Morgan fingerprint density at radius 3 is 1.45 bits per heavy atom. The zero-order valence-corrected chi connectivity index (χ0v) is 33.3. The van der Waals surface area contributed by atoms with Crippen molar-refractivity contribution >= 4 is 0 Å². The maximum atomic E-state index is 12.7. The van der Waals surface area contributed by atoms with Gasteiger partial charge in [0.25, 0.3) is 18.4 Å². The molecule has 2 N–H and O–H groups in total. The lowest BCUT2D eigenvalue weighted by Crippen LogP contribution is -2.24. The molecule has 0 aliphatic carbocycles. The molecule has 0 atom stereocenters. The van der Waals surface area contributed by atoms with Crippen molar-refractivity contribution in [1.82, 2.24) is 20.1 Å². The van der Waals surface area contributed by atoms with Crippen molar-refractivity contribution in [3.8, 4) is 0 Å². The first kappa shape index (κ1) is 49.3. The number of alkyl halides is 10. The molecule has 0 saturated heterocycles. The van der Waals surface area contributed by atoms with Gasteiger partial charge in [-0.3, -0.25) is 4.79 Å². The van der Waals surface area contributed by atoms with Gasteiger partial charge >= 0.3 is 12.4 Å². The van der Waals surface area contributed by atoms with E-state index in [0.29, 0.717) is 28.1 Å². The number of dihydropyridines is 2. The third-order valence-electron chi connectivity index (χ3n) is 8.39. The fourth-order valence-corrected chi connectivity index (χ4v) is 5.28. The number of hydrogen-bond donors (Lipinski definition) is 2. The van der Waals surface area contributed by atoms with Gasteiger partial charge in [0.15, 0.2) is 0 Å². The highest BCUT2D eigenvalue weighted by atomic mass is 19.4. The number of aromatic nitrogens is 1. The van der Waals surface area contributed by atoms with Crippen molar-refractivity contribution in [2.24, 2.45) is 24.8 Å². The number of nitrogens with one attached hydrogen (secondary N) is 2. The highest BCUT2D eigenvalue weighted by Gasteiger charge is 2.39. The fourth-order valence-electron chi connectivity index (χ4n) is 5.28. The van der Waals surface area contributed by atoms with Crippen LogP contribution in [0, 0.1) is 17.8 Å². The van der Waals surface area contributed by atoms with Gasteiger partial charge in [0.2, 0.25) is 0 Å². The molecule has 0 aromatic carbocycles. The Bertz CT molecular complexity index is 1830. The van der Waals surface area contributed by atoms with Gasteiger partial charge < -0.3 is 20.1 Å². The number of likely N-dealkylation sites (N-methyl/N-ethyl adjacent to an activating group) is 1. The third kappa shape index (κ3) is 14.4. The van der Waals surface area contributed by atoms with E-state index >= 15 is 0 Å². The van der Waals surface area contributed by atoms with Crippen LogP contribution in [0.25, 0.3) is 0 Å². The first-order valence-electron chi connectivity index (χ1n) is 17.5. The number of aryl methyl sites for hydroxylation is 1. The molecule has 312 valence electrons. The minimum Gasteiger partial charge on any atom is -0.362 e. The summed E-state index contributed by atoms with van der Waals surface area (Å²) >= 11 is 0. The Morgan fingerprint density at radius 1 is 0.589 bits per heavy atom. The van der Waals surface area contributed by atoms with Crippen LogP contribution in [-0.4, -0.2) is 35.3 Å². The van der Waals surface area contributed by atoms with E-state index in [1.165, 1.54) is 29.2 Å². The Labute approximate surface area is 322 Å². The van der Waals surface area contributed by atoms with Crippen LogP contribution in [-0.2, 0) is 7.05 Å². The van der Waals surface area contributed by atoms with Gasteiger partial charge in [-0.2, -0.15) is 26.3 Å². The minimum atomic E-state index is -4.31. The molecule has 0 unspecified atom stereocenters. The summed E-state index contributed by atoms with van der Waals surface area (Å²) < 4.78 is 127. The molecule has 56 heavy (non-hydrogen) atoms. The maximum absolute atomic E-state index is 12.7. The number of allylic oxidation sites excluding steroid dienone is 9. The van der Waals surface area contributed by atoms with Gasteiger partial charge in [0, 0.05) is 73.2 Å². The second-order valence-electron chi connectivity index (χ2n) is 14.3. The number of halogens is 10. The molecule has 0 fully saturated rings. The van der Waals surface area contributed by atoms with E-state index in [9.17, 15) is 48.7 Å². The normalized spacial score (nSPS) is 16.1. The smallest absolute Gasteiger partial charge is 0.362 e. The highest BCUT2D eigenvalue weighted by molar-refractivity contribution is 5.46. The van der Waals surface area contributed by atoms with E-state index in [1.807, 2.05) is 27.7 Å². The van der Waals surface area contributed by atoms with E-state index < -0.39 is 41.9 Å². The Hall–Kier alpha value is -4.69. The van der Waals surface area contributed by atoms with Crippen molar-refractivity contribution in [3.63, 3.8) is 0 Å². The van der Waals surface area contributed by atoms with Crippen molar-refractivity contribution in [3.05, 3.63) is 141 Å². The molecular weight excluding hydrogens is 754 g/mol. The molecule has 0 amide bonds. The van der Waals surface area contributed by atoms with Gasteiger partial charge in [-0.15, -0.1) is 0 Å². The van der Waals surface area contributed by atoms with Crippen LogP contribution in [0.15, 0.2) is 124 Å². The monoisotopic (exact) mass is 806 g/mol. The SMILES string of the molecule is C=C1C=C(C(F)(F)F)C(C(C)C)=CN1.C=C1C=C(C(F)(F)F)C(C(C)C)=CN1C.C=C1C=C(C(F)F)C(C(C)C)=CN1.CC(C)c1cn(C)c(=O)cc1C(F)F. The average molecular weight is 807 g/mol. The predicted molar refractivity (Wildman–Crippen MR) is 203 cm³/mol. The molecule has 3 aliphatic heterocycles. The summed E-state index contributed by atoms with van der Waals surface area (Å²) in [4.78, 5) is 12.8. The Balaban J connectivity index is 0.000000374. The zero-order chi connectivity index (χ0) is 43.6. The second-order valence-corrected chi connectivity index (χ2v) is 14.3. The van der Waals surface area contributed by atoms with Crippen molar-refractivity contribution in [2.45, 2.75) is 86.5 Å². The van der Waals surface area contributed by atoms with Crippen LogP contribution in [0.2, 0.25) is 0 Å². The summed E-state index contributed by atoms with van der Waals surface area (Å²) in [7, 11) is 3.25. The Kier molecular flexibility index (Phi) is 18.0. The molecular formula is C41H52F10N4O. The lowest BCUT2D eigenvalue weighted by molar-refractivity contribution is -0.0912. The fraction of sp³-hybridized carbons (Fsp3) is 0.439. The molecule has 1 aromatic heterocycles. The summed E-state index contributed by atoms with van der Waals surface area (Å²) in [5, 5.41) is 5.51.